The lowest BCUT2D eigenvalue weighted by molar-refractivity contribution is -0.119. The number of carbonyl (C=O) groups excluding carboxylic acids is 1. The summed E-state index contributed by atoms with van der Waals surface area (Å²) in [6.45, 7) is 2.74. The molecule has 0 spiro atoms. The minimum atomic E-state index is 0.113. The van der Waals surface area contributed by atoms with E-state index in [2.05, 4.69) is 17.0 Å². The Morgan fingerprint density at radius 1 is 1.07 bits per heavy atom. The van der Waals surface area contributed by atoms with Crippen LogP contribution >= 0.6 is 0 Å². The van der Waals surface area contributed by atoms with Crippen molar-refractivity contribution in [1.29, 1.82) is 0 Å². The van der Waals surface area contributed by atoms with Gasteiger partial charge in [-0.1, -0.05) is 24.3 Å². The lowest BCUT2D eigenvalue weighted by Crippen LogP contribution is -2.38. The van der Waals surface area contributed by atoms with Gasteiger partial charge in [-0.25, -0.2) is 0 Å². The number of likely N-dealkylation sites (N-methyl/N-ethyl adjacent to an activating group) is 1. The quantitative estimate of drug-likeness (QED) is 0.828. The van der Waals surface area contributed by atoms with Crippen molar-refractivity contribution in [2.75, 3.05) is 38.3 Å². The number of benzene rings is 2. The largest absolute Gasteiger partial charge is 0.490 e. The molecule has 1 saturated heterocycles. The van der Waals surface area contributed by atoms with Crippen molar-refractivity contribution >= 4 is 11.6 Å². The number of anilines is 1. The van der Waals surface area contributed by atoms with E-state index in [1.807, 2.05) is 43.4 Å². The molecule has 27 heavy (non-hydrogen) atoms. The van der Waals surface area contributed by atoms with Crippen molar-refractivity contribution in [3.8, 4) is 11.5 Å². The molecule has 5 heteroatoms. The van der Waals surface area contributed by atoms with Crippen LogP contribution in [0.3, 0.4) is 0 Å². The van der Waals surface area contributed by atoms with Gasteiger partial charge in [-0.2, -0.15) is 0 Å². The maximum absolute atomic E-state index is 12.8. The Kier molecular flexibility index (Phi) is 5.30. The Balaban J connectivity index is 1.48. The predicted molar refractivity (Wildman–Crippen MR) is 105 cm³/mol. The average Bonchev–Trinajstić information content (AvgIpc) is 3.03. The molecule has 2 aromatic rings. The third-order valence-electron chi connectivity index (χ3n) is 5.38. The molecule has 2 aliphatic heterocycles. The van der Waals surface area contributed by atoms with Crippen molar-refractivity contribution in [2.24, 2.45) is 0 Å². The summed E-state index contributed by atoms with van der Waals surface area (Å²) in [6.07, 6.45) is 3.06. The number of rotatable bonds is 4. The molecular formula is C22H26N2O3. The number of amides is 1. The summed E-state index contributed by atoms with van der Waals surface area (Å²) in [5.74, 6) is 1.76. The number of carbonyl (C=O) groups is 1. The molecule has 0 N–H and O–H groups in total. The lowest BCUT2D eigenvalue weighted by Gasteiger charge is -2.27. The number of hydrogen-bond donors (Lipinski definition) is 0. The van der Waals surface area contributed by atoms with Gasteiger partial charge < -0.3 is 14.4 Å². The van der Waals surface area contributed by atoms with Crippen LogP contribution in [0.5, 0.6) is 11.5 Å². The Morgan fingerprint density at radius 2 is 1.85 bits per heavy atom. The van der Waals surface area contributed by atoms with Crippen molar-refractivity contribution in [1.82, 2.24) is 4.90 Å². The first-order chi connectivity index (χ1) is 13.2. The second kappa shape index (κ2) is 8.01. The maximum Gasteiger partial charge on any atom is 0.240 e. The fourth-order valence-corrected chi connectivity index (χ4v) is 3.86. The van der Waals surface area contributed by atoms with Gasteiger partial charge in [0, 0.05) is 25.2 Å². The fraction of sp³-hybridized carbons (Fsp3) is 0.409. The molecule has 0 aromatic heterocycles. The Bertz CT molecular complexity index is 793. The first kappa shape index (κ1) is 17.9. The lowest BCUT2D eigenvalue weighted by atomic mass is 10.0. The fourth-order valence-electron chi connectivity index (χ4n) is 3.86. The summed E-state index contributed by atoms with van der Waals surface area (Å²) in [7, 11) is 1.84. The van der Waals surface area contributed by atoms with Crippen molar-refractivity contribution in [2.45, 2.75) is 25.3 Å². The molecule has 1 atom stereocenters. The van der Waals surface area contributed by atoms with Gasteiger partial charge in [-0.05, 0) is 49.2 Å². The van der Waals surface area contributed by atoms with E-state index in [1.165, 1.54) is 5.56 Å². The summed E-state index contributed by atoms with van der Waals surface area (Å²) in [5, 5.41) is 0. The van der Waals surface area contributed by atoms with Gasteiger partial charge in [0.15, 0.2) is 11.5 Å². The first-order valence-corrected chi connectivity index (χ1v) is 9.67. The zero-order chi connectivity index (χ0) is 18.6. The molecule has 5 nitrogen and oxygen atoms in total. The SMILES string of the molecule is CN(C(=O)CN1CCC[C@H]1c1ccc2c(c1)OCCCO2)c1ccccc1. The summed E-state index contributed by atoms with van der Waals surface area (Å²) in [5.41, 5.74) is 2.13. The van der Waals surface area contributed by atoms with E-state index in [1.54, 1.807) is 4.90 Å². The number of nitrogens with zero attached hydrogens (tertiary/aromatic N) is 2. The number of hydrogen-bond acceptors (Lipinski definition) is 4. The highest BCUT2D eigenvalue weighted by molar-refractivity contribution is 5.94. The van der Waals surface area contributed by atoms with Crippen LogP contribution in [0.25, 0.3) is 0 Å². The van der Waals surface area contributed by atoms with Crippen molar-refractivity contribution in [3.05, 3.63) is 54.1 Å². The summed E-state index contributed by atoms with van der Waals surface area (Å²) in [6, 6.07) is 16.2. The normalized spacial score (nSPS) is 19.5. The van der Waals surface area contributed by atoms with E-state index in [4.69, 9.17) is 9.47 Å². The third-order valence-corrected chi connectivity index (χ3v) is 5.38. The van der Waals surface area contributed by atoms with Crippen LogP contribution in [0, 0.1) is 0 Å². The second-order valence-corrected chi connectivity index (χ2v) is 7.17. The zero-order valence-corrected chi connectivity index (χ0v) is 15.8. The molecule has 0 unspecified atom stereocenters. The van der Waals surface area contributed by atoms with Crippen LogP contribution in [0.15, 0.2) is 48.5 Å². The van der Waals surface area contributed by atoms with Gasteiger partial charge in [-0.15, -0.1) is 0 Å². The van der Waals surface area contributed by atoms with Gasteiger partial charge in [0.25, 0.3) is 0 Å². The van der Waals surface area contributed by atoms with E-state index in [9.17, 15) is 4.79 Å². The molecule has 0 aliphatic carbocycles. The molecule has 2 aromatic carbocycles. The number of para-hydroxylation sites is 1. The summed E-state index contributed by atoms with van der Waals surface area (Å²) >= 11 is 0. The van der Waals surface area contributed by atoms with Gasteiger partial charge in [0.05, 0.1) is 19.8 Å². The third kappa shape index (κ3) is 3.93. The highest BCUT2D eigenvalue weighted by Gasteiger charge is 2.29. The van der Waals surface area contributed by atoms with Crippen LogP contribution in [0.2, 0.25) is 0 Å². The monoisotopic (exact) mass is 366 g/mol. The van der Waals surface area contributed by atoms with Crippen molar-refractivity contribution in [3.63, 3.8) is 0 Å². The highest BCUT2D eigenvalue weighted by Crippen LogP contribution is 2.37. The summed E-state index contributed by atoms with van der Waals surface area (Å²) < 4.78 is 11.6. The molecule has 142 valence electrons. The maximum atomic E-state index is 12.8. The topological polar surface area (TPSA) is 42.0 Å². The van der Waals surface area contributed by atoms with E-state index in [0.29, 0.717) is 19.8 Å². The Morgan fingerprint density at radius 3 is 2.67 bits per heavy atom. The van der Waals surface area contributed by atoms with E-state index in [0.717, 1.165) is 43.0 Å². The average molecular weight is 366 g/mol. The second-order valence-electron chi connectivity index (χ2n) is 7.17. The molecule has 4 rings (SSSR count). The molecule has 0 radical (unpaired) electrons. The Hall–Kier alpha value is -2.53. The molecule has 0 bridgehead atoms. The van der Waals surface area contributed by atoms with E-state index >= 15 is 0 Å². The van der Waals surface area contributed by atoms with Crippen LogP contribution < -0.4 is 14.4 Å². The van der Waals surface area contributed by atoms with Crippen LogP contribution in [-0.2, 0) is 4.79 Å². The highest BCUT2D eigenvalue weighted by atomic mass is 16.5. The van der Waals surface area contributed by atoms with Crippen LogP contribution in [0.1, 0.15) is 30.9 Å². The van der Waals surface area contributed by atoms with Gasteiger partial charge >= 0.3 is 0 Å². The number of ether oxygens (including phenoxy) is 2. The smallest absolute Gasteiger partial charge is 0.240 e. The summed E-state index contributed by atoms with van der Waals surface area (Å²) in [4.78, 5) is 16.8. The molecule has 1 fully saturated rings. The number of likely N-dealkylation sites (tertiary alicyclic amines) is 1. The predicted octanol–water partition coefficient (Wildman–Crippen LogP) is 3.65. The Labute approximate surface area is 160 Å². The minimum absolute atomic E-state index is 0.113. The molecule has 0 saturated carbocycles. The first-order valence-electron chi connectivity index (χ1n) is 9.67. The van der Waals surface area contributed by atoms with Crippen molar-refractivity contribution < 1.29 is 14.3 Å². The van der Waals surface area contributed by atoms with Crippen LogP contribution in [0.4, 0.5) is 5.69 Å². The van der Waals surface area contributed by atoms with E-state index < -0.39 is 0 Å². The zero-order valence-electron chi connectivity index (χ0n) is 15.8. The standard InChI is InChI=1S/C22H26N2O3/c1-23(18-7-3-2-4-8-18)22(25)16-24-12-5-9-19(24)17-10-11-20-21(15-17)27-14-6-13-26-20/h2-4,7-8,10-11,15,19H,5-6,9,12-14,16H2,1H3/t19-/m0/s1. The van der Waals surface area contributed by atoms with Gasteiger partial charge in [-0.3, -0.25) is 9.69 Å². The van der Waals surface area contributed by atoms with Gasteiger partial charge in [0.1, 0.15) is 0 Å². The molecule has 1 amide bonds. The number of fused-ring (bicyclic) bond motifs is 1. The van der Waals surface area contributed by atoms with Crippen LogP contribution in [-0.4, -0.2) is 44.2 Å². The van der Waals surface area contributed by atoms with E-state index in [-0.39, 0.29) is 11.9 Å². The van der Waals surface area contributed by atoms with Gasteiger partial charge in [0.2, 0.25) is 5.91 Å². The minimum Gasteiger partial charge on any atom is -0.490 e. The molecule has 2 aliphatic rings. The molecular weight excluding hydrogens is 340 g/mol. The molecule has 2 heterocycles.